The number of fused-ring (bicyclic) bond motifs is 1. The van der Waals surface area contributed by atoms with E-state index in [9.17, 15) is 0 Å². The maximum atomic E-state index is 8.81. The molecule has 0 bridgehead atoms. The summed E-state index contributed by atoms with van der Waals surface area (Å²) in [6.45, 7) is 0. The monoisotopic (exact) mass is 220 g/mol. The first-order valence-electron chi connectivity index (χ1n) is 5.18. The Morgan fingerprint density at radius 3 is 2.88 bits per heavy atom. The summed E-state index contributed by atoms with van der Waals surface area (Å²) in [6.07, 6.45) is 3.30. The van der Waals surface area contributed by atoms with Gasteiger partial charge in [0.2, 0.25) is 0 Å². The molecule has 4 heteroatoms. The fourth-order valence-electron chi connectivity index (χ4n) is 1.77. The highest BCUT2D eigenvalue weighted by Gasteiger charge is 2.06. The van der Waals surface area contributed by atoms with Crippen LogP contribution in [-0.4, -0.2) is 14.6 Å². The van der Waals surface area contributed by atoms with Gasteiger partial charge in [0.15, 0.2) is 0 Å². The van der Waals surface area contributed by atoms with Gasteiger partial charge in [-0.1, -0.05) is 6.07 Å². The fourth-order valence-corrected chi connectivity index (χ4v) is 1.77. The van der Waals surface area contributed by atoms with E-state index in [2.05, 4.69) is 16.2 Å². The van der Waals surface area contributed by atoms with Crippen molar-refractivity contribution in [2.75, 3.05) is 0 Å². The van der Waals surface area contributed by atoms with Crippen molar-refractivity contribution in [2.45, 2.75) is 0 Å². The highest BCUT2D eigenvalue weighted by atomic mass is 15.2. The van der Waals surface area contributed by atoms with Gasteiger partial charge in [-0.2, -0.15) is 10.4 Å². The van der Waals surface area contributed by atoms with Gasteiger partial charge in [0.05, 0.1) is 28.7 Å². The Morgan fingerprint density at radius 2 is 2.12 bits per heavy atom. The van der Waals surface area contributed by atoms with Crippen molar-refractivity contribution in [1.29, 1.82) is 5.26 Å². The minimum atomic E-state index is 0.558. The number of pyridine rings is 1. The lowest BCUT2D eigenvalue weighted by molar-refractivity contribution is 0.939. The van der Waals surface area contributed by atoms with Gasteiger partial charge >= 0.3 is 0 Å². The lowest BCUT2D eigenvalue weighted by Gasteiger charge is -2.00. The molecule has 3 aromatic rings. The number of nitriles is 1. The largest absolute Gasteiger partial charge is 0.255 e. The number of hydrogen-bond acceptors (Lipinski definition) is 3. The zero-order valence-electron chi connectivity index (χ0n) is 8.91. The molecule has 0 aromatic carbocycles. The van der Waals surface area contributed by atoms with Crippen molar-refractivity contribution < 1.29 is 0 Å². The van der Waals surface area contributed by atoms with Crippen LogP contribution < -0.4 is 0 Å². The maximum absolute atomic E-state index is 8.81. The second kappa shape index (κ2) is 3.72. The molecule has 0 unspecified atom stereocenters. The molecule has 0 N–H and O–H groups in total. The van der Waals surface area contributed by atoms with Gasteiger partial charge < -0.3 is 0 Å². The van der Waals surface area contributed by atoms with Crippen molar-refractivity contribution in [3.8, 4) is 17.5 Å². The van der Waals surface area contributed by atoms with Crippen LogP contribution in [0.4, 0.5) is 0 Å². The summed E-state index contributed by atoms with van der Waals surface area (Å²) >= 11 is 0. The SMILES string of the molecule is N#Cc1cnn2c(-c3ccccn3)ccc2c1. The van der Waals surface area contributed by atoms with Crippen LogP contribution in [0.1, 0.15) is 5.56 Å². The standard InChI is InChI=1S/C13H8N4/c14-8-10-7-11-4-5-13(17(11)16-9-10)12-3-1-2-6-15-12/h1-7,9H. The fraction of sp³-hybridized carbons (Fsp3) is 0. The molecule has 3 heterocycles. The average Bonchev–Trinajstić information content (AvgIpc) is 2.82. The summed E-state index contributed by atoms with van der Waals surface area (Å²) in [4.78, 5) is 4.29. The second-order valence-electron chi connectivity index (χ2n) is 3.63. The number of rotatable bonds is 1. The predicted molar refractivity (Wildman–Crippen MR) is 63.1 cm³/mol. The third-order valence-corrected chi connectivity index (χ3v) is 2.56. The molecular formula is C13H8N4. The minimum Gasteiger partial charge on any atom is -0.255 e. The van der Waals surface area contributed by atoms with Crippen LogP contribution >= 0.6 is 0 Å². The zero-order chi connectivity index (χ0) is 11.7. The molecular weight excluding hydrogens is 212 g/mol. The number of hydrogen-bond donors (Lipinski definition) is 0. The van der Waals surface area contributed by atoms with E-state index in [0.717, 1.165) is 16.9 Å². The third kappa shape index (κ3) is 1.54. The Morgan fingerprint density at radius 1 is 1.18 bits per heavy atom. The van der Waals surface area contributed by atoms with Crippen molar-refractivity contribution in [3.63, 3.8) is 0 Å². The normalized spacial score (nSPS) is 10.3. The molecule has 17 heavy (non-hydrogen) atoms. The van der Waals surface area contributed by atoms with Gasteiger partial charge in [-0.3, -0.25) is 4.98 Å². The van der Waals surface area contributed by atoms with E-state index < -0.39 is 0 Å². The van der Waals surface area contributed by atoms with Crippen molar-refractivity contribution in [2.24, 2.45) is 0 Å². The van der Waals surface area contributed by atoms with Crippen LogP contribution in [-0.2, 0) is 0 Å². The topological polar surface area (TPSA) is 54.0 Å². The number of nitrogens with zero attached hydrogens (tertiary/aromatic N) is 4. The summed E-state index contributed by atoms with van der Waals surface area (Å²) in [7, 11) is 0. The van der Waals surface area contributed by atoms with Gasteiger partial charge in [0.1, 0.15) is 6.07 Å². The quantitative estimate of drug-likeness (QED) is 0.632. The van der Waals surface area contributed by atoms with Crippen LogP contribution in [0, 0.1) is 11.3 Å². The molecule has 0 spiro atoms. The molecule has 0 amide bonds. The number of aromatic nitrogens is 3. The Balaban J connectivity index is 2.23. The van der Waals surface area contributed by atoms with E-state index in [-0.39, 0.29) is 0 Å². The Labute approximate surface area is 97.8 Å². The smallest absolute Gasteiger partial charge is 0.101 e. The van der Waals surface area contributed by atoms with Crippen LogP contribution in [0.25, 0.3) is 16.9 Å². The minimum absolute atomic E-state index is 0.558. The maximum Gasteiger partial charge on any atom is 0.101 e. The van der Waals surface area contributed by atoms with Crippen molar-refractivity contribution >= 4 is 5.52 Å². The first-order valence-corrected chi connectivity index (χ1v) is 5.18. The molecule has 0 aliphatic rings. The van der Waals surface area contributed by atoms with Gasteiger partial charge in [-0.15, -0.1) is 0 Å². The molecule has 3 aromatic heterocycles. The second-order valence-corrected chi connectivity index (χ2v) is 3.63. The highest BCUT2D eigenvalue weighted by Crippen LogP contribution is 2.19. The zero-order valence-corrected chi connectivity index (χ0v) is 8.91. The summed E-state index contributed by atoms with van der Waals surface area (Å²) in [5, 5.41) is 13.1. The molecule has 0 aliphatic heterocycles. The van der Waals surface area contributed by atoms with E-state index >= 15 is 0 Å². The van der Waals surface area contributed by atoms with Crippen LogP contribution in [0.2, 0.25) is 0 Å². The van der Waals surface area contributed by atoms with E-state index in [4.69, 9.17) is 5.26 Å². The van der Waals surface area contributed by atoms with E-state index in [1.165, 1.54) is 0 Å². The predicted octanol–water partition coefficient (Wildman–Crippen LogP) is 2.27. The lowest BCUT2D eigenvalue weighted by Crippen LogP contribution is -1.95. The molecule has 4 nitrogen and oxygen atoms in total. The van der Waals surface area contributed by atoms with Gasteiger partial charge in [-0.25, -0.2) is 4.52 Å². The van der Waals surface area contributed by atoms with E-state index in [0.29, 0.717) is 5.56 Å². The summed E-state index contributed by atoms with van der Waals surface area (Å²) in [5.41, 5.74) is 3.24. The van der Waals surface area contributed by atoms with Gasteiger partial charge in [0.25, 0.3) is 0 Å². The molecule has 0 saturated carbocycles. The van der Waals surface area contributed by atoms with E-state index in [1.54, 1.807) is 23.0 Å². The van der Waals surface area contributed by atoms with E-state index in [1.807, 2.05) is 30.3 Å². The summed E-state index contributed by atoms with van der Waals surface area (Å²) in [5.74, 6) is 0. The average molecular weight is 220 g/mol. The molecule has 0 aliphatic carbocycles. The Bertz CT molecular complexity index is 707. The Kier molecular flexibility index (Phi) is 2.09. The van der Waals surface area contributed by atoms with Gasteiger partial charge in [0, 0.05) is 6.20 Å². The Hall–Kier alpha value is -2.67. The highest BCUT2D eigenvalue weighted by molar-refractivity contribution is 5.64. The van der Waals surface area contributed by atoms with Crippen LogP contribution in [0.5, 0.6) is 0 Å². The first kappa shape index (κ1) is 9.55. The molecule has 3 rings (SSSR count). The molecule has 80 valence electrons. The van der Waals surface area contributed by atoms with Crippen molar-refractivity contribution in [3.05, 3.63) is 54.4 Å². The van der Waals surface area contributed by atoms with Gasteiger partial charge in [-0.05, 0) is 30.3 Å². The molecule has 0 radical (unpaired) electrons. The third-order valence-electron chi connectivity index (χ3n) is 2.56. The molecule has 0 atom stereocenters. The summed E-state index contributed by atoms with van der Waals surface area (Å²) < 4.78 is 1.78. The first-order chi connectivity index (χ1) is 8.38. The van der Waals surface area contributed by atoms with Crippen LogP contribution in [0.15, 0.2) is 48.8 Å². The summed E-state index contributed by atoms with van der Waals surface area (Å²) in [6, 6.07) is 13.5. The van der Waals surface area contributed by atoms with Crippen molar-refractivity contribution in [1.82, 2.24) is 14.6 Å². The molecule has 0 saturated heterocycles. The molecule has 0 fully saturated rings. The van der Waals surface area contributed by atoms with Crippen LogP contribution in [0.3, 0.4) is 0 Å². The lowest BCUT2D eigenvalue weighted by atomic mass is 10.3.